The molecule has 2 aromatic rings. The van der Waals surface area contributed by atoms with Crippen molar-refractivity contribution in [3.05, 3.63) is 77.4 Å². The van der Waals surface area contributed by atoms with E-state index in [1.54, 1.807) is 5.57 Å². The van der Waals surface area contributed by atoms with Crippen LogP contribution in [0.3, 0.4) is 0 Å². The maximum atomic E-state index is 5.68. The molecule has 22 heavy (non-hydrogen) atoms. The lowest BCUT2D eigenvalue weighted by molar-refractivity contribution is 0.264. The first-order chi connectivity index (χ1) is 10.9. The fourth-order valence-corrected chi connectivity index (χ4v) is 3.26. The highest BCUT2D eigenvalue weighted by Crippen LogP contribution is 2.32. The summed E-state index contributed by atoms with van der Waals surface area (Å²) in [5.41, 5.74) is 11.3. The molecule has 1 aliphatic rings. The Morgan fingerprint density at radius 2 is 1.32 bits per heavy atom. The van der Waals surface area contributed by atoms with Crippen molar-refractivity contribution in [1.29, 1.82) is 0 Å². The SMILES string of the molecule is NCCN1CCC(=C(c2ccccc2)c2ccccc2)CC1. The van der Waals surface area contributed by atoms with E-state index in [0.29, 0.717) is 0 Å². The molecule has 0 atom stereocenters. The fourth-order valence-electron chi connectivity index (χ4n) is 3.26. The summed E-state index contributed by atoms with van der Waals surface area (Å²) in [6.45, 7) is 4.01. The second-order valence-corrected chi connectivity index (χ2v) is 5.84. The molecular formula is C20H24N2. The van der Waals surface area contributed by atoms with Crippen LogP contribution in [-0.4, -0.2) is 31.1 Å². The minimum Gasteiger partial charge on any atom is -0.329 e. The van der Waals surface area contributed by atoms with Gasteiger partial charge in [-0.3, -0.25) is 0 Å². The Morgan fingerprint density at radius 3 is 1.77 bits per heavy atom. The molecule has 0 radical (unpaired) electrons. The summed E-state index contributed by atoms with van der Waals surface area (Å²) < 4.78 is 0. The van der Waals surface area contributed by atoms with Crippen molar-refractivity contribution >= 4 is 5.57 Å². The maximum absolute atomic E-state index is 5.68. The zero-order valence-electron chi connectivity index (χ0n) is 13.0. The van der Waals surface area contributed by atoms with Crippen molar-refractivity contribution in [2.75, 3.05) is 26.2 Å². The first kappa shape index (κ1) is 15.0. The number of hydrogen-bond acceptors (Lipinski definition) is 2. The summed E-state index contributed by atoms with van der Waals surface area (Å²) >= 11 is 0. The Labute approximate surface area is 133 Å². The van der Waals surface area contributed by atoms with E-state index in [1.807, 2.05) is 0 Å². The molecule has 1 heterocycles. The molecule has 1 aliphatic heterocycles. The van der Waals surface area contributed by atoms with Gasteiger partial charge in [-0.1, -0.05) is 66.2 Å². The van der Waals surface area contributed by atoms with E-state index < -0.39 is 0 Å². The zero-order chi connectivity index (χ0) is 15.2. The first-order valence-corrected chi connectivity index (χ1v) is 8.14. The predicted molar refractivity (Wildman–Crippen MR) is 93.6 cm³/mol. The molecule has 1 fully saturated rings. The summed E-state index contributed by atoms with van der Waals surface area (Å²) in [6.07, 6.45) is 2.28. The summed E-state index contributed by atoms with van der Waals surface area (Å²) in [5.74, 6) is 0. The third-order valence-electron chi connectivity index (χ3n) is 4.38. The van der Waals surface area contributed by atoms with E-state index in [-0.39, 0.29) is 0 Å². The number of piperidine rings is 1. The monoisotopic (exact) mass is 292 g/mol. The summed E-state index contributed by atoms with van der Waals surface area (Å²) in [4.78, 5) is 2.47. The second kappa shape index (κ2) is 7.39. The van der Waals surface area contributed by atoms with Crippen LogP contribution in [0.1, 0.15) is 24.0 Å². The maximum Gasteiger partial charge on any atom is 0.0105 e. The van der Waals surface area contributed by atoms with Crippen LogP contribution in [0.4, 0.5) is 0 Å². The Hall–Kier alpha value is -1.90. The highest BCUT2D eigenvalue weighted by Gasteiger charge is 2.18. The average Bonchev–Trinajstić information content (AvgIpc) is 2.59. The average molecular weight is 292 g/mol. The van der Waals surface area contributed by atoms with Crippen molar-refractivity contribution < 1.29 is 0 Å². The van der Waals surface area contributed by atoms with Crippen LogP contribution in [-0.2, 0) is 0 Å². The molecule has 0 aromatic heterocycles. The van der Waals surface area contributed by atoms with Crippen molar-refractivity contribution in [1.82, 2.24) is 4.90 Å². The molecule has 0 amide bonds. The van der Waals surface area contributed by atoms with Gasteiger partial charge in [0.1, 0.15) is 0 Å². The molecular weight excluding hydrogens is 268 g/mol. The van der Waals surface area contributed by atoms with Crippen LogP contribution in [0.2, 0.25) is 0 Å². The van der Waals surface area contributed by atoms with Crippen LogP contribution in [0.5, 0.6) is 0 Å². The van der Waals surface area contributed by atoms with Gasteiger partial charge in [0.25, 0.3) is 0 Å². The van der Waals surface area contributed by atoms with Crippen molar-refractivity contribution in [3.63, 3.8) is 0 Å². The van der Waals surface area contributed by atoms with Gasteiger partial charge in [0.2, 0.25) is 0 Å². The molecule has 2 heteroatoms. The fraction of sp³-hybridized carbons (Fsp3) is 0.300. The third-order valence-corrected chi connectivity index (χ3v) is 4.38. The zero-order valence-corrected chi connectivity index (χ0v) is 13.0. The Kier molecular flexibility index (Phi) is 5.04. The van der Waals surface area contributed by atoms with Gasteiger partial charge >= 0.3 is 0 Å². The third kappa shape index (κ3) is 3.46. The van der Waals surface area contributed by atoms with Gasteiger partial charge in [-0.25, -0.2) is 0 Å². The van der Waals surface area contributed by atoms with Gasteiger partial charge < -0.3 is 10.6 Å². The van der Waals surface area contributed by atoms with E-state index in [2.05, 4.69) is 65.6 Å². The van der Waals surface area contributed by atoms with Gasteiger partial charge in [-0.15, -0.1) is 0 Å². The summed E-state index contributed by atoms with van der Waals surface area (Å²) in [7, 11) is 0. The van der Waals surface area contributed by atoms with E-state index in [1.165, 1.54) is 16.7 Å². The molecule has 0 unspecified atom stereocenters. The van der Waals surface area contributed by atoms with Gasteiger partial charge in [-0.2, -0.15) is 0 Å². The van der Waals surface area contributed by atoms with E-state index in [9.17, 15) is 0 Å². The number of benzene rings is 2. The summed E-state index contributed by atoms with van der Waals surface area (Å²) in [6, 6.07) is 21.6. The molecule has 114 valence electrons. The van der Waals surface area contributed by atoms with E-state index in [0.717, 1.165) is 39.0 Å². The molecule has 1 saturated heterocycles. The molecule has 0 bridgehead atoms. The number of likely N-dealkylation sites (tertiary alicyclic amines) is 1. The second-order valence-electron chi connectivity index (χ2n) is 5.84. The largest absolute Gasteiger partial charge is 0.329 e. The lowest BCUT2D eigenvalue weighted by atomic mass is 9.88. The first-order valence-electron chi connectivity index (χ1n) is 8.14. The van der Waals surface area contributed by atoms with Crippen LogP contribution in [0, 0.1) is 0 Å². The highest BCUT2D eigenvalue weighted by molar-refractivity contribution is 5.82. The topological polar surface area (TPSA) is 29.3 Å². The van der Waals surface area contributed by atoms with Gasteiger partial charge in [0, 0.05) is 26.2 Å². The van der Waals surface area contributed by atoms with Crippen LogP contribution in [0.15, 0.2) is 66.2 Å². The van der Waals surface area contributed by atoms with Crippen molar-refractivity contribution in [2.24, 2.45) is 5.73 Å². The number of nitrogens with zero attached hydrogens (tertiary/aromatic N) is 1. The predicted octanol–water partition coefficient (Wildman–Crippen LogP) is 3.54. The van der Waals surface area contributed by atoms with Crippen LogP contribution >= 0.6 is 0 Å². The molecule has 2 aromatic carbocycles. The lowest BCUT2D eigenvalue weighted by Crippen LogP contribution is -2.35. The molecule has 0 aliphatic carbocycles. The quantitative estimate of drug-likeness (QED) is 0.934. The molecule has 3 rings (SSSR count). The number of rotatable bonds is 4. The lowest BCUT2D eigenvalue weighted by Gasteiger charge is -2.29. The smallest absolute Gasteiger partial charge is 0.0105 e. The number of hydrogen-bond donors (Lipinski definition) is 1. The Balaban J connectivity index is 1.95. The molecule has 2 N–H and O–H groups in total. The molecule has 0 spiro atoms. The Morgan fingerprint density at radius 1 is 0.818 bits per heavy atom. The summed E-state index contributed by atoms with van der Waals surface area (Å²) in [5, 5.41) is 0. The van der Waals surface area contributed by atoms with Gasteiger partial charge in [0.15, 0.2) is 0 Å². The normalized spacial score (nSPS) is 15.8. The van der Waals surface area contributed by atoms with Crippen LogP contribution in [0.25, 0.3) is 5.57 Å². The standard InChI is InChI=1S/C20H24N2/c21-13-16-22-14-11-19(12-15-22)20(17-7-3-1-4-8-17)18-9-5-2-6-10-18/h1-10H,11-16,21H2. The minimum absolute atomic E-state index is 0.753. The number of nitrogens with two attached hydrogens (primary N) is 1. The van der Waals surface area contributed by atoms with Gasteiger partial charge in [0.05, 0.1) is 0 Å². The van der Waals surface area contributed by atoms with Gasteiger partial charge in [-0.05, 0) is 29.5 Å². The van der Waals surface area contributed by atoms with Crippen molar-refractivity contribution in [3.8, 4) is 0 Å². The minimum atomic E-state index is 0.753. The molecule has 2 nitrogen and oxygen atoms in total. The molecule has 0 saturated carbocycles. The van der Waals surface area contributed by atoms with E-state index in [4.69, 9.17) is 5.73 Å². The Bertz CT molecular complexity index is 565. The van der Waals surface area contributed by atoms with Crippen LogP contribution < -0.4 is 5.73 Å². The highest BCUT2D eigenvalue weighted by atomic mass is 15.1. The van der Waals surface area contributed by atoms with Crippen molar-refractivity contribution in [2.45, 2.75) is 12.8 Å². The van der Waals surface area contributed by atoms with E-state index >= 15 is 0 Å².